The molecule has 158 valence electrons. The van der Waals surface area contributed by atoms with Gasteiger partial charge >= 0.3 is 11.9 Å². The van der Waals surface area contributed by atoms with Crippen LogP contribution in [0, 0.1) is 13.8 Å². The van der Waals surface area contributed by atoms with E-state index in [0.717, 1.165) is 26.9 Å². The van der Waals surface area contributed by atoms with Crippen molar-refractivity contribution in [1.29, 1.82) is 0 Å². The van der Waals surface area contributed by atoms with E-state index >= 15 is 0 Å². The molecule has 0 N–H and O–H groups in total. The zero-order valence-corrected chi connectivity index (χ0v) is 18.2. The second kappa shape index (κ2) is 8.69. The second-order valence-electron chi connectivity index (χ2n) is 7.07. The number of hydrogen-bond acceptors (Lipinski definition) is 6. The number of esters is 1. The van der Waals surface area contributed by atoms with E-state index in [1.807, 2.05) is 50.2 Å². The van der Waals surface area contributed by atoms with Crippen molar-refractivity contribution in [2.24, 2.45) is 4.99 Å². The van der Waals surface area contributed by atoms with E-state index in [-0.39, 0.29) is 24.8 Å². The molecule has 8 heteroatoms. The van der Waals surface area contributed by atoms with Gasteiger partial charge in [0.15, 0.2) is 16.3 Å². The van der Waals surface area contributed by atoms with Crippen molar-refractivity contribution < 1.29 is 18.8 Å². The van der Waals surface area contributed by atoms with Crippen molar-refractivity contribution in [3.8, 4) is 11.3 Å². The summed E-state index contributed by atoms with van der Waals surface area (Å²) in [4.78, 5) is 29.7. The van der Waals surface area contributed by atoms with Crippen LogP contribution in [0.5, 0.6) is 0 Å². The Labute approximate surface area is 182 Å². The number of hydrogen-bond donors (Lipinski definition) is 0. The first-order valence-corrected chi connectivity index (χ1v) is 10.7. The molecule has 2 aromatic carbocycles. The van der Waals surface area contributed by atoms with Crippen LogP contribution in [0.25, 0.3) is 21.5 Å². The van der Waals surface area contributed by atoms with Gasteiger partial charge in [-0.15, -0.1) is 0 Å². The predicted octanol–water partition coefficient (Wildman–Crippen LogP) is 4.28. The molecule has 0 saturated carbocycles. The van der Waals surface area contributed by atoms with Crippen LogP contribution in [-0.4, -0.2) is 28.2 Å². The molecule has 0 atom stereocenters. The Hall–Kier alpha value is -3.52. The average Bonchev–Trinajstić information content (AvgIpc) is 3.36. The summed E-state index contributed by atoms with van der Waals surface area (Å²) in [6.45, 7) is 5.99. The van der Waals surface area contributed by atoms with Crippen molar-refractivity contribution in [2.75, 3.05) is 6.61 Å². The number of carbonyl (C=O) groups excluding carboxylic acids is 2. The van der Waals surface area contributed by atoms with Crippen LogP contribution in [0.1, 0.15) is 28.5 Å². The summed E-state index contributed by atoms with van der Waals surface area (Å²) in [7, 11) is 0. The van der Waals surface area contributed by atoms with E-state index in [2.05, 4.69) is 16.2 Å². The SMILES string of the molecule is CCOC(=O)Cn1c(=NC(=O)c2cc(-c3ccccc3)on2)sc2c(C)cc(C)cc21. The van der Waals surface area contributed by atoms with Crippen LogP contribution in [0.15, 0.2) is 58.0 Å². The summed E-state index contributed by atoms with van der Waals surface area (Å²) in [5.74, 6) is -0.436. The zero-order chi connectivity index (χ0) is 22.0. The van der Waals surface area contributed by atoms with Gasteiger partial charge in [-0.1, -0.05) is 52.9 Å². The summed E-state index contributed by atoms with van der Waals surface area (Å²) in [6.07, 6.45) is 0. The lowest BCUT2D eigenvalue weighted by Crippen LogP contribution is -2.23. The van der Waals surface area contributed by atoms with Crippen LogP contribution in [0.2, 0.25) is 0 Å². The summed E-state index contributed by atoms with van der Waals surface area (Å²) >= 11 is 1.35. The Morgan fingerprint density at radius 1 is 1.16 bits per heavy atom. The second-order valence-corrected chi connectivity index (χ2v) is 8.04. The molecular formula is C23H21N3O4S. The lowest BCUT2D eigenvalue weighted by molar-refractivity contribution is -0.143. The lowest BCUT2D eigenvalue weighted by atomic mass is 10.1. The van der Waals surface area contributed by atoms with E-state index in [4.69, 9.17) is 9.26 Å². The molecular weight excluding hydrogens is 414 g/mol. The number of aromatic nitrogens is 2. The van der Waals surface area contributed by atoms with Gasteiger partial charge in [-0.25, -0.2) is 0 Å². The predicted molar refractivity (Wildman–Crippen MR) is 118 cm³/mol. The molecule has 0 radical (unpaired) electrons. The molecule has 7 nitrogen and oxygen atoms in total. The Kier molecular flexibility index (Phi) is 5.81. The zero-order valence-electron chi connectivity index (χ0n) is 17.4. The molecule has 0 spiro atoms. The number of fused-ring (bicyclic) bond motifs is 1. The maximum absolute atomic E-state index is 12.8. The number of aryl methyl sites for hydroxylation is 2. The smallest absolute Gasteiger partial charge is 0.326 e. The third-order valence-corrected chi connectivity index (χ3v) is 5.92. The van der Waals surface area contributed by atoms with Crippen LogP contribution >= 0.6 is 11.3 Å². The Bertz CT molecular complexity index is 1330. The molecule has 31 heavy (non-hydrogen) atoms. The molecule has 0 fully saturated rings. The van der Waals surface area contributed by atoms with E-state index in [9.17, 15) is 9.59 Å². The maximum atomic E-state index is 12.8. The van der Waals surface area contributed by atoms with Gasteiger partial charge in [0.1, 0.15) is 6.54 Å². The summed E-state index contributed by atoms with van der Waals surface area (Å²) in [5.41, 5.74) is 3.88. The quantitative estimate of drug-likeness (QED) is 0.437. The Morgan fingerprint density at radius 3 is 2.68 bits per heavy atom. The van der Waals surface area contributed by atoms with Gasteiger partial charge < -0.3 is 13.8 Å². The summed E-state index contributed by atoms with van der Waals surface area (Å²) in [5, 5.41) is 3.88. The number of rotatable bonds is 5. The molecule has 2 aromatic heterocycles. The van der Waals surface area contributed by atoms with Crippen molar-refractivity contribution in [3.63, 3.8) is 0 Å². The third kappa shape index (κ3) is 4.34. The Morgan fingerprint density at radius 2 is 1.94 bits per heavy atom. The highest BCUT2D eigenvalue weighted by atomic mass is 32.1. The van der Waals surface area contributed by atoms with E-state index in [0.29, 0.717) is 10.6 Å². The highest BCUT2D eigenvalue weighted by Crippen LogP contribution is 2.24. The lowest BCUT2D eigenvalue weighted by Gasteiger charge is -2.06. The average molecular weight is 436 g/mol. The first-order chi connectivity index (χ1) is 15.0. The summed E-state index contributed by atoms with van der Waals surface area (Å²) in [6, 6.07) is 15.0. The highest BCUT2D eigenvalue weighted by molar-refractivity contribution is 7.16. The minimum absolute atomic E-state index is 0.0308. The van der Waals surface area contributed by atoms with Gasteiger partial charge in [-0.3, -0.25) is 9.59 Å². The topological polar surface area (TPSA) is 86.7 Å². The van der Waals surface area contributed by atoms with Crippen molar-refractivity contribution in [3.05, 3.63) is 70.2 Å². The fraction of sp³-hybridized carbons (Fsp3) is 0.217. The fourth-order valence-electron chi connectivity index (χ4n) is 3.34. The molecule has 4 aromatic rings. The number of ether oxygens (including phenoxy) is 1. The monoisotopic (exact) mass is 435 g/mol. The molecule has 0 aliphatic carbocycles. The van der Waals surface area contributed by atoms with Gasteiger partial charge in [0.25, 0.3) is 0 Å². The first-order valence-electron chi connectivity index (χ1n) is 9.83. The van der Waals surface area contributed by atoms with Crippen LogP contribution in [0.3, 0.4) is 0 Å². The minimum atomic E-state index is -0.538. The van der Waals surface area contributed by atoms with Crippen LogP contribution in [-0.2, 0) is 16.1 Å². The Balaban J connectivity index is 1.77. The largest absolute Gasteiger partial charge is 0.465 e. The number of amides is 1. The number of benzene rings is 2. The van der Waals surface area contributed by atoms with E-state index in [1.165, 1.54) is 11.3 Å². The van der Waals surface area contributed by atoms with Gasteiger partial charge in [0, 0.05) is 11.6 Å². The molecule has 0 bridgehead atoms. The molecule has 2 heterocycles. The highest BCUT2D eigenvalue weighted by Gasteiger charge is 2.17. The standard InChI is InChI=1S/C23H21N3O4S/c1-4-29-20(27)13-26-18-11-14(2)10-15(3)21(18)31-23(26)24-22(28)17-12-19(30-25-17)16-8-6-5-7-9-16/h5-12H,4,13H2,1-3H3. The van der Waals surface area contributed by atoms with Crippen LogP contribution < -0.4 is 4.80 Å². The van der Waals surface area contributed by atoms with Gasteiger partial charge in [-0.2, -0.15) is 4.99 Å². The number of nitrogens with zero attached hydrogens (tertiary/aromatic N) is 3. The van der Waals surface area contributed by atoms with Crippen molar-refractivity contribution >= 4 is 33.4 Å². The molecule has 4 rings (SSSR count). The molecule has 0 saturated heterocycles. The van der Waals surface area contributed by atoms with Gasteiger partial charge in [0.05, 0.1) is 16.8 Å². The van der Waals surface area contributed by atoms with Crippen molar-refractivity contribution in [1.82, 2.24) is 9.72 Å². The third-order valence-electron chi connectivity index (χ3n) is 4.69. The molecule has 1 amide bonds. The minimum Gasteiger partial charge on any atom is -0.465 e. The number of thiazole rings is 1. The maximum Gasteiger partial charge on any atom is 0.326 e. The first kappa shape index (κ1) is 20.7. The van der Waals surface area contributed by atoms with E-state index in [1.54, 1.807) is 17.6 Å². The van der Waals surface area contributed by atoms with Gasteiger partial charge in [0.2, 0.25) is 0 Å². The van der Waals surface area contributed by atoms with Crippen LogP contribution in [0.4, 0.5) is 0 Å². The number of carbonyl (C=O) groups is 2. The summed E-state index contributed by atoms with van der Waals surface area (Å²) < 4.78 is 13.1. The fourth-order valence-corrected chi connectivity index (χ4v) is 4.42. The molecule has 0 aliphatic rings. The van der Waals surface area contributed by atoms with Gasteiger partial charge in [-0.05, 0) is 38.0 Å². The van der Waals surface area contributed by atoms with E-state index < -0.39 is 5.91 Å². The van der Waals surface area contributed by atoms with Crippen molar-refractivity contribution in [2.45, 2.75) is 27.3 Å². The normalized spacial score (nSPS) is 11.8. The molecule has 0 aliphatic heterocycles. The molecule has 0 unspecified atom stereocenters.